The van der Waals surface area contributed by atoms with E-state index in [0.717, 1.165) is 41.1 Å². The van der Waals surface area contributed by atoms with Crippen LogP contribution in [0.2, 0.25) is 0 Å². The first-order valence-electron chi connectivity index (χ1n) is 12.2. The molecule has 0 bridgehead atoms. The molecule has 1 fully saturated rings. The van der Waals surface area contributed by atoms with E-state index in [-0.39, 0.29) is 11.5 Å². The molecule has 3 aromatic rings. The average Bonchev–Trinajstić information content (AvgIpc) is 3.69. The van der Waals surface area contributed by atoms with E-state index < -0.39 is 17.8 Å². The predicted octanol–water partition coefficient (Wildman–Crippen LogP) is 5.39. The van der Waals surface area contributed by atoms with E-state index >= 15 is 0 Å². The molecule has 3 heterocycles. The zero-order chi connectivity index (χ0) is 25.6. The van der Waals surface area contributed by atoms with E-state index in [0.29, 0.717) is 36.6 Å². The van der Waals surface area contributed by atoms with Crippen molar-refractivity contribution in [2.45, 2.75) is 58.3 Å². The molecule has 2 aliphatic rings. The molecule has 1 aliphatic heterocycles. The predicted molar refractivity (Wildman–Crippen MR) is 131 cm³/mol. The van der Waals surface area contributed by atoms with Gasteiger partial charge in [-0.15, -0.1) is 0 Å². The van der Waals surface area contributed by atoms with E-state index in [2.05, 4.69) is 9.55 Å². The second-order valence-electron chi connectivity index (χ2n) is 9.56. The number of nitrogens with zero attached hydrogens (tertiary/aromatic N) is 5. The fourth-order valence-electron chi connectivity index (χ4n) is 4.86. The Morgan fingerprint density at radius 3 is 2.64 bits per heavy atom. The van der Waals surface area contributed by atoms with Gasteiger partial charge in [-0.2, -0.15) is 13.2 Å². The maximum atomic E-state index is 13.5. The van der Waals surface area contributed by atoms with Crippen molar-refractivity contribution in [3.05, 3.63) is 70.7 Å². The Morgan fingerprint density at radius 1 is 1.22 bits per heavy atom. The van der Waals surface area contributed by atoms with Crippen LogP contribution in [0.4, 0.5) is 13.2 Å². The van der Waals surface area contributed by atoms with Gasteiger partial charge >= 0.3 is 6.18 Å². The third-order valence-electron chi connectivity index (χ3n) is 7.08. The molecule has 1 aliphatic carbocycles. The second-order valence-corrected chi connectivity index (χ2v) is 9.56. The van der Waals surface area contributed by atoms with E-state index in [1.807, 2.05) is 18.3 Å². The van der Waals surface area contributed by atoms with Crippen molar-refractivity contribution in [3.8, 4) is 0 Å². The Bertz CT molecular complexity index is 1440. The molecule has 0 radical (unpaired) electrons. The molecule has 2 aromatic heterocycles. The molecular formula is C27H28F3N5O. The Morgan fingerprint density at radius 2 is 2.00 bits per heavy atom. The quantitative estimate of drug-likeness (QED) is 0.488. The summed E-state index contributed by atoms with van der Waals surface area (Å²) in [5.74, 6) is 0.0476. The number of hydrogen-bond donors (Lipinski definition) is 0. The van der Waals surface area contributed by atoms with Crippen molar-refractivity contribution in [3.63, 3.8) is 0 Å². The number of rotatable bonds is 4. The van der Waals surface area contributed by atoms with Gasteiger partial charge in [0.15, 0.2) is 5.49 Å². The van der Waals surface area contributed by atoms with Crippen LogP contribution in [0, 0.1) is 6.92 Å². The number of benzene rings is 1. The summed E-state index contributed by atoms with van der Waals surface area (Å²) < 4.78 is 42.5. The van der Waals surface area contributed by atoms with Gasteiger partial charge in [-0.25, -0.2) is 4.98 Å². The van der Waals surface area contributed by atoms with E-state index in [1.165, 1.54) is 13.0 Å². The zero-order valence-corrected chi connectivity index (χ0v) is 20.5. The number of pyridine rings is 1. The molecular weight excluding hydrogens is 467 g/mol. The first-order chi connectivity index (χ1) is 17.1. The van der Waals surface area contributed by atoms with Crippen LogP contribution < -0.4 is 5.49 Å². The lowest BCUT2D eigenvalue weighted by Gasteiger charge is -2.25. The third kappa shape index (κ3) is 4.66. The molecule has 9 heteroatoms. The Balaban J connectivity index is 1.60. The fourth-order valence-corrected chi connectivity index (χ4v) is 4.86. The lowest BCUT2D eigenvalue weighted by molar-refractivity contribution is -0.138. The van der Waals surface area contributed by atoms with Gasteiger partial charge in [0, 0.05) is 31.4 Å². The minimum absolute atomic E-state index is 0.0476. The van der Waals surface area contributed by atoms with Crippen LogP contribution in [0.1, 0.15) is 67.6 Å². The van der Waals surface area contributed by atoms with Gasteiger partial charge in [-0.3, -0.25) is 14.8 Å². The van der Waals surface area contributed by atoms with Gasteiger partial charge in [0.2, 0.25) is 5.91 Å². The number of hydrogen-bond acceptors (Lipinski definition) is 4. The molecule has 0 unspecified atom stereocenters. The van der Waals surface area contributed by atoms with Gasteiger partial charge < -0.3 is 9.47 Å². The molecule has 5 rings (SSSR count). The van der Waals surface area contributed by atoms with Crippen molar-refractivity contribution in [1.82, 2.24) is 19.4 Å². The van der Waals surface area contributed by atoms with Crippen molar-refractivity contribution in [2.24, 2.45) is 4.99 Å². The summed E-state index contributed by atoms with van der Waals surface area (Å²) in [6.45, 7) is 6.03. The van der Waals surface area contributed by atoms with Crippen molar-refractivity contribution in [2.75, 3.05) is 13.1 Å². The summed E-state index contributed by atoms with van der Waals surface area (Å²) in [5, 5.41) is 0.820. The van der Waals surface area contributed by atoms with Crippen molar-refractivity contribution < 1.29 is 18.0 Å². The topological polar surface area (TPSA) is 63.4 Å². The summed E-state index contributed by atoms with van der Waals surface area (Å²) in [6.07, 6.45) is 4.05. The van der Waals surface area contributed by atoms with Crippen LogP contribution in [-0.4, -0.2) is 38.4 Å². The van der Waals surface area contributed by atoms with Crippen LogP contribution in [0.3, 0.4) is 0 Å². The van der Waals surface area contributed by atoms with E-state index in [1.54, 1.807) is 31.1 Å². The van der Waals surface area contributed by atoms with E-state index in [4.69, 9.17) is 9.98 Å². The maximum Gasteiger partial charge on any atom is 0.416 e. The molecule has 1 atom stereocenters. The highest BCUT2D eigenvalue weighted by molar-refractivity contribution is 5.82. The first-order valence-corrected chi connectivity index (χ1v) is 12.2. The molecule has 1 aromatic carbocycles. The van der Waals surface area contributed by atoms with Gasteiger partial charge in [-0.05, 0) is 61.9 Å². The smallest absolute Gasteiger partial charge is 0.339 e. The molecule has 1 amide bonds. The molecule has 0 saturated heterocycles. The summed E-state index contributed by atoms with van der Waals surface area (Å²) >= 11 is 0. The normalized spacial score (nSPS) is 17.9. The molecule has 36 heavy (non-hydrogen) atoms. The Labute approximate surface area is 207 Å². The molecule has 0 spiro atoms. The monoisotopic (exact) mass is 495 g/mol. The van der Waals surface area contributed by atoms with Gasteiger partial charge in [0.1, 0.15) is 0 Å². The lowest BCUT2D eigenvalue weighted by atomic mass is 9.97. The molecule has 188 valence electrons. The van der Waals surface area contributed by atoms with Crippen molar-refractivity contribution in [1.29, 1.82) is 0 Å². The van der Waals surface area contributed by atoms with Gasteiger partial charge in [-0.1, -0.05) is 18.2 Å². The van der Waals surface area contributed by atoms with Crippen LogP contribution in [0.15, 0.2) is 47.9 Å². The number of carbonyl (C=O) groups is 1. The standard InChI is InChI=1S/C27H28F3N5O/c1-16-21(5-4-6-23(16)27(28,29)30)17(2)33-26-22-13-24(19-9-11-34(12-10-19)18(3)36)31-14-25(22)35(15-32-26)20-7-8-20/h4-6,9,13-15,17,20H,7-8,10-12H2,1-3H3/b33-26-/t17-/m1/s1. The number of aromatic nitrogens is 3. The third-order valence-corrected chi connectivity index (χ3v) is 7.08. The number of alkyl halides is 3. The highest BCUT2D eigenvalue weighted by atomic mass is 19.4. The van der Waals surface area contributed by atoms with Gasteiger partial charge in [0.05, 0.1) is 35.3 Å². The fraction of sp³-hybridized carbons (Fsp3) is 0.407. The highest BCUT2D eigenvalue weighted by Gasteiger charge is 2.33. The molecule has 1 saturated carbocycles. The SMILES string of the molecule is CC(=O)N1CC=C(c2cc3/c(=N/[C@H](C)c4cccc(C(F)(F)F)c4C)ncn(C4CC4)c3cn2)CC1. The van der Waals surface area contributed by atoms with Crippen LogP contribution in [0.25, 0.3) is 16.5 Å². The average molecular weight is 496 g/mol. The summed E-state index contributed by atoms with van der Waals surface area (Å²) in [5.41, 5.74) is 3.31. The minimum Gasteiger partial charge on any atom is -0.339 e. The van der Waals surface area contributed by atoms with Crippen LogP contribution >= 0.6 is 0 Å². The lowest BCUT2D eigenvalue weighted by Crippen LogP contribution is -2.32. The Kier molecular flexibility index (Phi) is 6.18. The Hall–Kier alpha value is -3.49. The minimum atomic E-state index is -4.42. The van der Waals surface area contributed by atoms with Crippen LogP contribution in [-0.2, 0) is 11.0 Å². The zero-order valence-electron chi connectivity index (χ0n) is 20.5. The summed E-state index contributed by atoms with van der Waals surface area (Å²) in [4.78, 5) is 27.6. The number of halogens is 3. The number of fused-ring (bicyclic) bond motifs is 1. The first kappa shape index (κ1) is 24.2. The molecule has 0 N–H and O–H groups in total. The highest BCUT2D eigenvalue weighted by Crippen LogP contribution is 2.37. The maximum absolute atomic E-state index is 13.5. The van der Waals surface area contributed by atoms with Crippen LogP contribution in [0.5, 0.6) is 0 Å². The summed E-state index contributed by atoms with van der Waals surface area (Å²) in [6, 6.07) is 6.05. The van der Waals surface area contributed by atoms with Crippen molar-refractivity contribution >= 4 is 22.4 Å². The summed E-state index contributed by atoms with van der Waals surface area (Å²) in [7, 11) is 0. The van der Waals surface area contributed by atoms with Gasteiger partial charge in [0.25, 0.3) is 0 Å². The second kappa shape index (κ2) is 9.19. The van der Waals surface area contributed by atoms with E-state index in [9.17, 15) is 18.0 Å². The molecule has 6 nitrogen and oxygen atoms in total. The largest absolute Gasteiger partial charge is 0.416 e. The number of amides is 1. The number of carbonyl (C=O) groups excluding carboxylic acids is 1.